The number of rotatable bonds is 5. The summed E-state index contributed by atoms with van der Waals surface area (Å²) >= 11 is 0. The number of carbonyl (C=O) groups excluding carboxylic acids is 1. The van der Waals surface area contributed by atoms with E-state index in [2.05, 4.69) is 5.32 Å². The van der Waals surface area contributed by atoms with Gasteiger partial charge in [0.2, 0.25) is 15.9 Å². The van der Waals surface area contributed by atoms with Crippen molar-refractivity contribution in [3.63, 3.8) is 0 Å². The molecule has 0 bridgehead atoms. The highest BCUT2D eigenvalue weighted by Crippen LogP contribution is 2.26. The summed E-state index contributed by atoms with van der Waals surface area (Å²) in [6.45, 7) is 0.648. The normalized spacial score (nSPS) is 19.0. The molecule has 1 amide bonds. The van der Waals surface area contributed by atoms with E-state index in [1.807, 2.05) is 24.3 Å². The molecule has 1 aliphatic heterocycles. The van der Waals surface area contributed by atoms with Crippen molar-refractivity contribution < 1.29 is 18.3 Å². The second-order valence-corrected chi connectivity index (χ2v) is 8.16. The molecule has 0 aliphatic carbocycles. The van der Waals surface area contributed by atoms with Crippen LogP contribution in [0.2, 0.25) is 0 Å². The van der Waals surface area contributed by atoms with Gasteiger partial charge in [-0.3, -0.25) is 4.79 Å². The van der Waals surface area contributed by atoms with Crippen LogP contribution in [-0.4, -0.2) is 50.0 Å². The summed E-state index contributed by atoms with van der Waals surface area (Å²) in [5.41, 5.74) is 0. The number of fused-ring (bicyclic) bond motifs is 1. The second-order valence-electron chi connectivity index (χ2n) is 6.23. The Labute approximate surface area is 147 Å². The average Bonchev–Trinajstić information content (AvgIpc) is 2.65. The molecule has 2 N–H and O–H groups in total. The molecule has 0 spiro atoms. The maximum atomic E-state index is 13.0. The molecule has 0 unspecified atom stereocenters. The highest BCUT2D eigenvalue weighted by atomic mass is 32.2. The molecule has 2 aromatic rings. The van der Waals surface area contributed by atoms with Gasteiger partial charge in [0.1, 0.15) is 0 Å². The topological polar surface area (TPSA) is 86.7 Å². The third-order valence-corrected chi connectivity index (χ3v) is 6.39. The van der Waals surface area contributed by atoms with E-state index in [4.69, 9.17) is 5.11 Å². The number of amides is 1. The maximum absolute atomic E-state index is 13.0. The van der Waals surface area contributed by atoms with Gasteiger partial charge in [0, 0.05) is 19.6 Å². The van der Waals surface area contributed by atoms with Gasteiger partial charge >= 0.3 is 0 Å². The molecule has 6 nitrogen and oxygen atoms in total. The van der Waals surface area contributed by atoms with Gasteiger partial charge in [-0.05, 0) is 35.7 Å². The van der Waals surface area contributed by atoms with Crippen molar-refractivity contribution in [1.82, 2.24) is 9.62 Å². The van der Waals surface area contributed by atoms with Crippen LogP contribution >= 0.6 is 0 Å². The molecule has 3 rings (SSSR count). The smallest absolute Gasteiger partial charge is 0.243 e. The lowest BCUT2D eigenvalue weighted by Gasteiger charge is -2.31. The molecule has 1 heterocycles. The van der Waals surface area contributed by atoms with Gasteiger partial charge in [-0.15, -0.1) is 0 Å². The number of carbonyl (C=O) groups is 1. The number of hydrogen-bond acceptors (Lipinski definition) is 4. The molecule has 2 aromatic carbocycles. The molecule has 0 aromatic heterocycles. The maximum Gasteiger partial charge on any atom is 0.243 e. The van der Waals surface area contributed by atoms with Crippen LogP contribution in [0.1, 0.15) is 12.8 Å². The van der Waals surface area contributed by atoms with Crippen molar-refractivity contribution in [3.8, 4) is 0 Å². The number of piperidine rings is 1. The van der Waals surface area contributed by atoms with Crippen LogP contribution in [0.15, 0.2) is 47.4 Å². The van der Waals surface area contributed by atoms with Gasteiger partial charge in [-0.25, -0.2) is 8.42 Å². The molecule has 7 heteroatoms. The Morgan fingerprint density at radius 1 is 1.20 bits per heavy atom. The minimum absolute atomic E-state index is 0.127. The number of hydrogen-bond donors (Lipinski definition) is 2. The summed E-state index contributed by atoms with van der Waals surface area (Å²) < 4.78 is 27.3. The van der Waals surface area contributed by atoms with Crippen LogP contribution in [0, 0.1) is 5.92 Å². The Hall–Kier alpha value is -1.96. The van der Waals surface area contributed by atoms with Crippen LogP contribution in [0.3, 0.4) is 0 Å². The van der Waals surface area contributed by atoms with E-state index in [1.54, 1.807) is 18.2 Å². The fourth-order valence-electron chi connectivity index (χ4n) is 3.18. The van der Waals surface area contributed by atoms with Crippen molar-refractivity contribution in [2.75, 3.05) is 26.2 Å². The zero-order valence-corrected chi connectivity index (χ0v) is 14.7. The van der Waals surface area contributed by atoms with E-state index in [9.17, 15) is 13.2 Å². The molecule has 0 saturated carbocycles. The number of aliphatic hydroxyl groups is 1. The van der Waals surface area contributed by atoms with Gasteiger partial charge in [0.05, 0.1) is 17.4 Å². The summed E-state index contributed by atoms with van der Waals surface area (Å²) in [7, 11) is -3.64. The van der Waals surface area contributed by atoms with E-state index in [0.717, 1.165) is 10.8 Å². The van der Waals surface area contributed by atoms with Gasteiger partial charge < -0.3 is 10.4 Å². The second kappa shape index (κ2) is 7.51. The van der Waals surface area contributed by atoms with Crippen LogP contribution in [0.4, 0.5) is 0 Å². The lowest BCUT2D eigenvalue weighted by atomic mass is 9.99. The first-order valence-corrected chi connectivity index (χ1v) is 9.84. The molecule has 0 radical (unpaired) electrons. The van der Waals surface area contributed by atoms with E-state index in [1.165, 1.54) is 4.31 Å². The Balaban J connectivity index is 1.81. The monoisotopic (exact) mass is 362 g/mol. The zero-order chi connectivity index (χ0) is 17.9. The zero-order valence-electron chi connectivity index (χ0n) is 13.9. The first-order chi connectivity index (χ1) is 12.0. The van der Waals surface area contributed by atoms with Gasteiger partial charge in [0.25, 0.3) is 0 Å². The molecular formula is C18H22N2O4S. The van der Waals surface area contributed by atoms with Crippen LogP contribution in [-0.2, 0) is 14.8 Å². The Morgan fingerprint density at radius 2 is 1.96 bits per heavy atom. The molecule has 134 valence electrons. The van der Waals surface area contributed by atoms with Crippen LogP contribution in [0.25, 0.3) is 10.8 Å². The largest absolute Gasteiger partial charge is 0.395 e. The van der Waals surface area contributed by atoms with E-state index in [0.29, 0.717) is 19.4 Å². The lowest BCUT2D eigenvalue weighted by molar-refractivity contribution is -0.126. The Kier molecular flexibility index (Phi) is 5.36. The van der Waals surface area contributed by atoms with Crippen LogP contribution in [0.5, 0.6) is 0 Å². The molecule has 25 heavy (non-hydrogen) atoms. The van der Waals surface area contributed by atoms with Crippen molar-refractivity contribution in [2.24, 2.45) is 5.92 Å². The lowest BCUT2D eigenvalue weighted by Crippen LogP contribution is -2.45. The Bertz CT molecular complexity index is 866. The van der Waals surface area contributed by atoms with Crippen LogP contribution < -0.4 is 5.32 Å². The van der Waals surface area contributed by atoms with E-state index >= 15 is 0 Å². The fourth-order valence-corrected chi connectivity index (χ4v) is 4.73. The first-order valence-electron chi connectivity index (χ1n) is 8.40. The number of aliphatic hydroxyl groups excluding tert-OH is 1. The standard InChI is InChI=1S/C18H22N2O4S/c21-11-9-19-18(22)16-6-3-10-20(13-16)25(23,24)17-8-7-14-4-1-2-5-15(14)12-17/h1-2,4-5,7-8,12,16,21H,3,6,9-11,13H2,(H,19,22)/t16-/m1/s1. The predicted molar refractivity (Wildman–Crippen MR) is 95.5 cm³/mol. The third-order valence-electron chi connectivity index (χ3n) is 4.52. The summed E-state index contributed by atoms with van der Waals surface area (Å²) in [6.07, 6.45) is 1.30. The summed E-state index contributed by atoms with van der Waals surface area (Å²) in [5, 5.41) is 13.3. The van der Waals surface area contributed by atoms with Crippen molar-refractivity contribution in [2.45, 2.75) is 17.7 Å². The first kappa shape index (κ1) is 17.8. The minimum atomic E-state index is -3.64. The van der Waals surface area contributed by atoms with Crippen molar-refractivity contribution in [1.29, 1.82) is 0 Å². The predicted octanol–water partition coefficient (Wildman–Crippen LogP) is 1.35. The summed E-state index contributed by atoms with van der Waals surface area (Å²) in [6, 6.07) is 12.7. The van der Waals surface area contributed by atoms with Crippen molar-refractivity contribution >= 4 is 26.7 Å². The highest BCUT2D eigenvalue weighted by Gasteiger charge is 2.33. The summed E-state index contributed by atoms with van der Waals surface area (Å²) in [5.74, 6) is -0.581. The highest BCUT2D eigenvalue weighted by molar-refractivity contribution is 7.89. The van der Waals surface area contributed by atoms with Gasteiger partial charge in [-0.2, -0.15) is 4.31 Å². The third kappa shape index (κ3) is 3.84. The minimum Gasteiger partial charge on any atom is -0.395 e. The quantitative estimate of drug-likeness (QED) is 0.841. The average molecular weight is 362 g/mol. The number of sulfonamides is 1. The van der Waals surface area contributed by atoms with Gasteiger partial charge in [-0.1, -0.05) is 30.3 Å². The van der Waals surface area contributed by atoms with Crippen molar-refractivity contribution in [3.05, 3.63) is 42.5 Å². The number of nitrogens with zero attached hydrogens (tertiary/aromatic N) is 1. The SMILES string of the molecule is O=C(NCCO)[C@@H]1CCCN(S(=O)(=O)c2ccc3ccccc3c2)C1. The molecule has 1 saturated heterocycles. The molecular weight excluding hydrogens is 340 g/mol. The molecule has 1 atom stereocenters. The van der Waals surface area contributed by atoms with E-state index < -0.39 is 10.0 Å². The van der Waals surface area contributed by atoms with E-state index in [-0.39, 0.29) is 36.4 Å². The number of nitrogens with one attached hydrogen (secondary N) is 1. The van der Waals surface area contributed by atoms with Gasteiger partial charge in [0.15, 0.2) is 0 Å². The Morgan fingerprint density at radius 3 is 2.72 bits per heavy atom. The molecule has 1 fully saturated rings. The summed E-state index contributed by atoms with van der Waals surface area (Å²) in [4.78, 5) is 12.3. The molecule has 1 aliphatic rings. The fraction of sp³-hybridized carbons (Fsp3) is 0.389. The number of benzene rings is 2.